The lowest BCUT2D eigenvalue weighted by atomic mass is 9.94. The number of nitrogens with zero attached hydrogens (tertiary/aromatic N) is 2. The number of nitrogens with one attached hydrogen (secondary N) is 1. The molecule has 1 aliphatic heterocycles. The molecule has 2 aliphatic rings. The van der Waals surface area contributed by atoms with E-state index in [4.69, 9.17) is 4.74 Å². The van der Waals surface area contributed by atoms with E-state index in [1.54, 1.807) is 13.3 Å². The van der Waals surface area contributed by atoms with Crippen LogP contribution in [0.1, 0.15) is 42.4 Å². The molecule has 0 radical (unpaired) electrons. The number of amides is 1. The van der Waals surface area contributed by atoms with Gasteiger partial charge in [0.2, 0.25) is 5.91 Å². The summed E-state index contributed by atoms with van der Waals surface area (Å²) in [6.07, 6.45) is 4.93. The molecule has 4 rings (SSSR count). The third-order valence-electron chi connectivity index (χ3n) is 5.32. The number of rotatable bonds is 4. The second-order valence-corrected chi connectivity index (χ2v) is 6.86. The van der Waals surface area contributed by atoms with Crippen molar-refractivity contribution in [3.8, 4) is 5.75 Å². The molecule has 3 atom stereocenters. The minimum absolute atomic E-state index is 0.137. The van der Waals surface area contributed by atoms with Gasteiger partial charge in [-0.05, 0) is 48.9 Å². The van der Waals surface area contributed by atoms with Gasteiger partial charge in [-0.25, -0.2) is 0 Å². The highest BCUT2D eigenvalue weighted by Gasteiger charge is 2.46. The van der Waals surface area contributed by atoms with E-state index in [2.05, 4.69) is 27.2 Å². The molecule has 5 heteroatoms. The number of aromatic nitrogens is 2. The zero-order chi connectivity index (χ0) is 16.5. The van der Waals surface area contributed by atoms with E-state index in [1.165, 1.54) is 5.56 Å². The third kappa shape index (κ3) is 2.90. The first-order valence-corrected chi connectivity index (χ1v) is 8.68. The molecule has 1 aromatic heterocycles. The van der Waals surface area contributed by atoms with Gasteiger partial charge in [-0.1, -0.05) is 12.1 Å². The number of methoxy groups -OCH3 is 1. The quantitative estimate of drug-likeness (QED) is 0.940. The second kappa shape index (κ2) is 6.30. The Bertz CT molecular complexity index is 713. The molecule has 24 heavy (non-hydrogen) atoms. The van der Waals surface area contributed by atoms with Crippen molar-refractivity contribution in [1.82, 2.24) is 15.1 Å². The summed E-state index contributed by atoms with van der Waals surface area (Å²) in [6.45, 7) is 1.69. The lowest BCUT2D eigenvalue weighted by molar-refractivity contribution is -0.133. The van der Waals surface area contributed by atoms with Gasteiger partial charge < -0.3 is 9.64 Å². The molecule has 2 heterocycles. The molecule has 0 spiro atoms. The van der Waals surface area contributed by atoms with Crippen LogP contribution < -0.4 is 4.74 Å². The molecule has 126 valence electrons. The van der Waals surface area contributed by atoms with Crippen molar-refractivity contribution >= 4 is 5.91 Å². The van der Waals surface area contributed by atoms with Gasteiger partial charge in [-0.15, -0.1) is 0 Å². The smallest absolute Gasteiger partial charge is 0.226 e. The molecule has 1 N–H and O–H groups in total. The highest BCUT2D eigenvalue weighted by Crippen LogP contribution is 2.49. The monoisotopic (exact) mass is 325 g/mol. The van der Waals surface area contributed by atoms with E-state index in [9.17, 15) is 4.79 Å². The van der Waals surface area contributed by atoms with Crippen LogP contribution in [0.2, 0.25) is 0 Å². The topological polar surface area (TPSA) is 58.2 Å². The number of carbonyl (C=O) groups excluding carboxylic acids is 1. The molecular weight excluding hydrogens is 302 g/mol. The van der Waals surface area contributed by atoms with E-state index >= 15 is 0 Å². The van der Waals surface area contributed by atoms with Crippen molar-refractivity contribution in [3.05, 3.63) is 47.8 Å². The Morgan fingerprint density at radius 2 is 2.29 bits per heavy atom. The fraction of sp³-hybridized carbons (Fsp3) is 0.474. The normalized spacial score (nSPS) is 26.2. The third-order valence-corrected chi connectivity index (χ3v) is 5.32. The SMILES string of the molecule is COc1cccc([C@@H]2C[C@H]2C(=O)N2CCC[C@H](c3ccn[nH]3)C2)c1. The number of benzene rings is 1. The lowest BCUT2D eigenvalue weighted by Crippen LogP contribution is -2.40. The fourth-order valence-electron chi connectivity index (χ4n) is 3.87. The lowest BCUT2D eigenvalue weighted by Gasteiger charge is -2.32. The van der Waals surface area contributed by atoms with E-state index in [1.807, 2.05) is 18.2 Å². The van der Waals surface area contributed by atoms with E-state index in [0.717, 1.165) is 43.8 Å². The summed E-state index contributed by atoms with van der Waals surface area (Å²) in [5, 5.41) is 7.10. The maximum atomic E-state index is 12.9. The van der Waals surface area contributed by atoms with Crippen LogP contribution in [0, 0.1) is 5.92 Å². The van der Waals surface area contributed by atoms with Gasteiger partial charge in [0.1, 0.15) is 5.75 Å². The molecule has 1 saturated heterocycles. The van der Waals surface area contributed by atoms with Crippen LogP contribution in [0.25, 0.3) is 0 Å². The van der Waals surface area contributed by atoms with Gasteiger partial charge in [0.25, 0.3) is 0 Å². The summed E-state index contributed by atoms with van der Waals surface area (Å²) in [5.41, 5.74) is 2.36. The molecule has 0 bridgehead atoms. The number of likely N-dealkylation sites (tertiary alicyclic amines) is 1. The van der Waals surface area contributed by atoms with Gasteiger partial charge in [-0.3, -0.25) is 9.89 Å². The minimum atomic E-state index is 0.137. The first-order chi connectivity index (χ1) is 11.8. The maximum absolute atomic E-state index is 12.9. The highest BCUT2D eigenvalue weighted by molar-refractivity contribution is 5.83. The van der Waals surface area contributed by atoms with Crippen molar-refractivity contribution in [1.29, 1.82) is 0 Å². The Balaban J connectivity index is 1.41. The van der Waals surface area contributed by atoms with Gasteiger partial charge in [0.05, 0.1) is 7.11 Å². The molecule has 0 unspecified atom stereocenters. The van der Waals surface area contributed by atoms with Crippen LogP contribution in [0.15, 0.2) is 36.5 Å². The van der Waals surface area contributed by atoms with E-state index in [0.29, 0.717) is 17.7 Å². The van der Waals surface area contributed by atoms with Crippen LogP contribution in [-0.4, -0.2) is 41.2 Å². The summed E-state index contributed by atoms with van der Waals surface area (Å²) in [4.78, 5) is 14.9. The fourth-order valence-corrected chi connectivity index (χ4v) is 3.87. The van der Waals surface area contributed by atoms with Crippen molar-refractivity contribution in [3.63, 3.8) is 0 Å². The Kier molecular flexibility index (Phi) is 4.00. The number of carbonyl (C=O) groups is 1. The van der Waals surface area contributed by atoms with Crippen LogP contribution in [0.5, 0.6) is 5.75 Å². The van der Waals surface area contributed by atoms with Crippen LogP contribution in [-0.2, 0) is 4.79 Å². The minimum Gasteiger partial charge on any atom is -0.497 e. The van der Waals surface area contributed by atoms with Crippen molar-refractivity contribution in [2.45, 2.75) is 31.1 Å². The molecule has 1 amide bonds. The Morgan fingerprint density at radius 1 is 1.38 bits per heavy atom. The first-order valence-electron chi connectivity index (χ1n) is 8.68. The number of ether oxygens (including phenoxy) is 1. The summed E-state index contributed by atoms with van der Waals surface area (Å²) in [5.74, 6) is 2.05. The van der Waals surface area contributed by atoms with Crippen molar-refractivity contribution in [2.24, 2.45) is 5.92 Å². The molecule has 1 aromatic carbocycles. The van der Waals surface area contributed by atoms with Crippen LogP contribution in [0.3, 0.4) is 0 Å². The van der Waals surface area contributed by atoms with Gasteiger partial charge >= 0.3 is 0 Å². The molecule has 1 saturated carbocycles. The average Bonchev–Trinajstić information content (AvgIpc) is 3.25. The zero-order valence-corrected chi connectivity index (χ0v) is 13.9. The summed E-state index contributed by atoms with van der Waals surface area (Å²) >= 11 is 0. The van der Waals surface area contributed by atoms with E-state index < -0.39 is 0 Å². The van der Waals surface area contributed by atoms with Crippen LogP contribution in [0.4, 0.5) is 0 Å². The number of H-pyrrole nitrogens is 1. The average molecular weight is 325 g/mol. The second-order valence-electron chi connectivity index (χ2n) is 6.86. The molecule has 2 aromatic rings. The number of hydrogen-bond donors (Lipinski definition) is 1. The van der Waals surface area contributed by atoms with Gasteiger partial charge in [0.15, 0.2) is 0 Å². The summed E-state index contributed by atoms with van der Waals surface area (Å²) < 4.78 is 5.30. The maximum Gasteiger partial charge on any atom is 0.226 e. The number of hydrogen-bond acceptors (Lipinski definition) is 3. The molecular formula is C19H23N3O2. The summed E-state index contributed by atoms with van der Waals surface area (Å²) in [6, 6.07) is 10.1. The summed E-state index contributed by atoms with van der Waals surface area (Å²) in [7, 11) is 1.68. The van der Waals surface area contributed by atoms with Gasteiger partial charge in [-0.2, -0.15) is 5.10 Å². The van der Waals surface area contributed by atoms with Crippen molar-refractivity contribution in [2.75, 3.05) is 20.2 Å². The number of piperidine rings is 1. The number of aromatic amines is 1. The standard InChI is InChI=1S/C19H23N3O2/c1-24-15-6-2-4-13(10-15)16-11-17(16)19(23)22-9-3-5-14(12-22)18-7-8-20-21-18/h2,4,6-8,10,14,16-17H,3,5,9,11-12H2,1H3,(H,20,21)/t14-,16-,17+/m0/s1. The molecule has 2 fully saturated rings. The predicted molar refractivity (Wildman–Crippen MR) is 91.0 cm³/mol. The highest BCUT2D eigenvalue weighted by atomic mass is 16.5. The first kappa shape index (κ1) is 15.2. The molecule has 1 aliphatic carbocycles. The Labute approximate surface area is 142 Å². The zero-order valence-electron chi connectivity index (χ0n) is 13.9. The van der Waals surface area contributed by atoms with Gasteiger partial charge in [0, 0.05) is 36.8 Å². The predicted octanol–water partition coefficient (Wildman–Crippen LogP) is 2.93. The Morgan fingerprint density at radius 3 is 3.08 bits per heavy atom. The van der Waals surface area contributed by atoms with E-state index in [-0.39, 0.29) is 5.92 Å². The Hall–Kier alpha value is -2.30. The van der Waals surface area contributed by atoms with Crippen molar-refractivity contribution < 1.29 is 9.53 Å². The van der Waals surface area contributed by atoms with Crippen LogP contribution >= 0.6 is 0 Å². The largest absolute Gasteiger partial charge is 0.497 e. The molecule has 5 nitrogen and oxygen atoms in total.